The lowest BCUT2D eigenvalue weighted by Gasteiger charge is -2.16. The molecule has 1 aromatic rings. The van der Waals surface area contributed by atoms with Crippen LogP contribution in [0.25, 0.3) is 6.08 Å². The van der Waals surface area contributed by atoms with Gasteiger partial charge in [-0.1, -0.05) is 56.3 Å². The average Bonchev–Trinajstić information content (AvgIpc) is 2.43. The minimum Gasteiger partial charge on any atom is -0.480 e. The minimum atomic E-state index is -0.975. The first-order chi connectivity index (χ1) is 9.99. The van der Waals surface area contributed by atoms with Crippen molar-refractivity contribution in [2.75, 3.05) is 0 Å². The van der Waals surface area contributed by atoms with Gasteiger partial charge in [-0.05, 0) is 24.3 Å². The SMILES string of the molecule is CC(C)CC(NC(=O)CC/C=C/c1ccccc1)C(=O)O. The Hall–Kier alpha value is -2.10. The summed E-state index contributed by atoms with van der Waals surface area (Å²) in [4.78, 5) is 22.8. The number of hydrogen-bond acceptors (Lipinski definition) is 2. The van der Waals surface area contributed by atoms with E-state index in [0.717, 1.165) is 5.56 Å². The van der Waals surface area contributed by atoms with Crippen LogP contribution < -0.4 is 5.32 Å². The van der Waals surface area contributed by atoms with Crippen LogP contribution in [0.2, 0.25) is 0 Å². The van der Waals surface area contributed by atoms with E-state index in [2.05, 4.69) is 5.32 Å². The fraction of sp³-hybridized carbons (Fsp3) is 0.412. The van der Waals surface area contributed by atoms with Crippen LogP contribution in [0.1, 0.15) is 38.7 Å². The predicted molar refractivity (Wildman–Crippen MR) is 83.7 cm³/mol. The van der Waals surface area contributed by atoms with E-state index < -0.39 is 12.0 Å². The zero-order chi connectivity index (χ0) is 15.7. The highest BCUT2D eigenvalue weighted by molar-refractivity contribution is 5.83. The first-order valence-electron chi connectivity index (χ1n) is 7.22. The molecule has 0 radical (unpaired) electrons. The molecule has 0 spiro atoms. The lowest BCUT2D eigenvalue weighted by molar-refractivity contribution is -0.142. The van der Waals surface area contributed by atoms with Gasteiger partial charge in [-0.25, -0.2) is 4.79 Å². The summed E-state index contributed by atoms with van der Waals surface area (Å²) in [5, 5.41) is 11.6. The Morgan fingerprint density at radius 2 is 1.90 bits per heavy atom. The molecular formula is C17H23NO3. The summed E-state index contributed by atoms with van der Waals surface area (Å²) in [5.74, 6) is -0.970. The summed E-state index contributed by atoms with van der Waals surface area (Å²) in [6.07, 6.45) is 5.21. The fourth-order valence-electron chi connectivity index (χ4n) is 1.96. The van der Waals surface area contributed by atoms with E-state index in [0.29, 0.717) is 19.3 Å². The number of carbonyl (C=O) groups is 2. The molecule has 0 aliphatic rings. The van der Waals surface area contributed by atoms with Crippen molar-refractivity contribution in [1.82, 2.24) is 5.32 Å². The van der Waals surface area contributed by atoms with Crippen molar-refractivity contribution in [3.8, 4) is 0 Å². The number of amides is 1. The van der Waals surface area contributed by atoms with E-state index in [1.54, 1.807) is 0 Å². The Morgan fingerprint density at radius 3 is 2.48 bits per heavy atom. The molecule has 4 nitrogen and oxygen atoms in total. The van der Waals surface area contributed by atoms with E-state index in [1.807, 2.05) is 56.3 Å². The maximum absolute atomic E-state index is 11.7. The molecule has 0 aliphatic carbocycles. The van der Waals surface area contributed by atoms with Gasteiger partial charge in [0.15, 0.2) is 0 Å². The van der Waals surface area contributed by atoms with Crippen molar-refractivity contribution in [1.29, 1.82) is 0 Å². The zero-order valence-corrected chi connectivity index (χ0v) is 12.6. The molecule has 1 rings (SSSR count). The molecule has 1 amide bonds. The molecule has 0 heterocycles. The van der Waals surface area contributed by atoms with Gasteiger partial charge in [0, 0.05) is 6.42 Å². The Labute approximate surface area is 125 Å². The van der Waals surface area contributed by atoms with E-state index >= 15 is 0 Å². The van der Waals surface area contributed by atoms with Gasteiger partial charge in [-0.15, -0.1) is 0 Å². The van der Waals surface area contributed by atoms with E-state index in [-0.39, 0.29) is 11.8 Å². The van der Waals surface area contributed by atoms with E-state index in [4.69, 9.17) is 5.11 Å². The summed E-state index contributed by atoms with van der Waals surface area (Å²) in [5.41, 5.74) is 1.08. The van der Waals surface area contributed by atoms with Crippen LogP contribution in [0.5, 0.6) is 0 Å². The Balaban J connectivity index is 2.36. The molecule has 0 bridgehead atoms. The lowest BCUT2D eigenvalue weighted by Crippen LogP contribution is -2.41. The van der Waals surface area contributed by atoms with Crippen molar-refractivity contribution in [3.63, 3.8) is 0 Å². The standard InChI is InChI=1S/C17H23NO3/c1-13(2)12-15(17(20)21)18-16(19)11-7-6-10-14-8-4-3-5-9-14/h3-6,8-10,13,15H,7,11-12H2,1-2H3,(H,18,19)(H,20,21)/b10-6+. The van der Waals surface area contributed by atoms with Gasteiger partial charge in [-0.2, -0.15) is 0 Å². The fourth-order valence-corrected chi connectivity index (χ4v) is 1.96. The lowest BCUT2D eigenvalue weighted by atomic mass is 10.0. The molecule has 21 heavy (non-hydrogen) atoms. The number of allylic oxidation sites excluding steroid dienone is 1. The van der Waals surface area contributed by atoms with Crippen LogP contribution in [0.4, 0.5) is 0 Å². The second-order valence-electron chi connectivity index (χ2n) is 5.44. The second kappa shape index (κ2) is 8.95. The van der Waals surface area contributed by atoms with Gasteiger partial charge in [0.2, 0.25) is 5.91 Å². The molecule has 4 heteroatoms. The molecule has 0 aliphatic heterocycles. The van der Waals surface area contributed by atoms with Gasteiger partial charge in [0.25, 0.3) is 0 Å². The molecule has 0 fully saturated rings. The number of carboxylic acids is 1. The summed E-state index contributed by atoms with van der Waals surface area (Å²) >= 11 is 0. The van der Waals surface area contributed by atoms with Gasteiger partial charge >= 0.3 is 5.97 Å². The molecule has 1 atom stereocenters. The van der Waals surface area contributed by atoms with Crippen molar-refractivity contribution in [2.45, 2.75) is 39.2 Å². The highest BCUT2D eigenvalue weighted by Gasteiger charge is 2.20. The number of benzene rings is 1. The number of hydrogen-bond donors (Lipinski definition) is 2. The highest BCUT2D eigenvalue weighted by atomic mass is 16.4. The third-order valence-corrected chi connectivity index (χ3v) is 2.99. The summed E-state index contributed by atoms with van der Waals surface area (Å²) in [6, 6.07) is 9.03. The predicted octanol–water partition coefficient (Wildman–Crippen LogP) is 3.10. The molecular weight excluding hydrogens is 266 g/mol. The summed E-state index contributed by atoms with van der Waals surface area (Å²) in [6.45, 7) is 3.87. The average molecular weight is 289 g/mol. The van der Waals surface area contributed by atoms with Crippen LogP contribution in [0.15, 0.2) is 36.4 Å². The van der Waals surface area contributed by atoms with Gasteiger partial charge in [-0.3, -0.25) is 4.79 Å². The van der Waals surface area contributed by atoms with Gasteiger partial charge in [0.05, 0.1) is 0 Å². The van der Waals surface area contributed by atoms with Crippen molar-refractivity contribution in [3.05, 3.63) is 42.0 Å². The van der Waals surface area contributed by atoms with Crippen LogP contribution in [0, 0.1) is 5.92 Å². The van der Waals surface area contributed by atoms with E-state index in [9.17, 15) is 9.59 Å². The van der Waals surface area contributed by atoms with Crippen LogP contribution in [0.3, 0.4) is 0 Å². The largest absolute Gasteiger partial charge is 0.480 e. The molecule has 2 N–H and O–H groups in total. The zero-order valence-electron chi connectivity index (χ0n) is 12.6. The second-order valence-corrected chi connectivity index (χ2v) is 5.44. The number of carboxylic acid groups (broad SMARTS) is 1. The first-order valence-corrected chi connectivity index (χ1v) is 7.22. The smallest absolute Gasteiger partial charge is 0.326 e. The summed E-state index contributed by atoms with van der Waals surface area (Å²) < 4.78 is 0. The number of rotatable bonds is 8. The molecule has 1 unspecified atom stereocenters. The monoisotopic (exact) mass is 289 g/mol. The third-order valence-electron chi connectivity index (χ3n) is 2.99. The normalized spacial score (nSPS) is 12.5. The molecule has 0 aromatic heterocycles. The van der Waals surface area contributed by atoms with Crippen LogP contribution >= 0.6 is 0 Å². The van der Waals surface area contributed by atoms with Crippen molar-refractivity contribution in [2.24, 2.45) is 5.92 Å². The summed E-state index contributed by atoms with van der Waals surface area (Å²) in [7, 11) is 0. The number of carbonyl (C=O) groups excluding carboxylic acids is 1. The van der Waals surface area contributed by atoms with Crippen LogP contribution in [-0.4, -0.2) is 23.0 Å². The third kappa shape index (κ3) is 7.30. The Kier molecular flexibility index (Phi) is 7.23. The Bertz CT molecular complexity index is 480. The van der Waals surface area contributed by atoms with Gasteiger partial charge in [0.1, 0.15) is 6.04 Å². The molecule has 114 valence electrons. The Morgan fingerprint density at radius 1 is 1.24 bits per heavy atom. The van der Waals surface area contributed by atoms with Crippen molar-refractivity contribution < 1.29 is 14.7 Å². The maximum Gasteiger partial charge on any atom is 0.326 e. The van der Waals surface area contributed by atoms with E-state index in [1.165, 1.54) is 0 Å². The topological polar surface area (TPSA) is 66.4 Å². The number of nitrogens with one attached hydrogen (secondary N) is 1. The molecule has 0 saturated carbocycles. The molecule has 0 saturated heterocycles. The first kappa shape index (κ1) is 17.0. The van der Waals surface area contributed by atoms with Crippen LogP contribution in [-0.2, 0) is 9.59 Å². The maximum atomic E-state index is 11.7. The quantitative estimate of drug-likeness (QED) is 0.773. The van der Waals surface area contributed by atoms with Crippen molar-refractivity contribution >= 4 is 18.0 Å². The number of aliphatic carboxylic acids is 1. The minimum absolute atomic E-state index is 0.222. The molecule has 1 aromatic carbocycles. The highest BCUT2D eigenvalue weighted by Crippen LogP contribution is 2.06. The van der Waals surface area contributed by atoms with Gasteiger partial charge < -0.3 is 10.4 Å².